The van der Waals surface area contributed by atoms with Crippen LogP contribution in [0, 0.1) is 0 Å². The molecule has 11 aromatic carbocycles. The van der Waals surface area contributed by atoms with Gasteiger partial charge in [-0.05, 0) is 94.2 Å². The molecule has 0 unspecified atom stereocenters. The van der Waals surface area contributed by atoms with Crippen LogP contribution < -0.4 is 4.90 Å². The van der Waals surface area contributed by atoms with Crippen LogP contribution in [0.15, 0.2) is 251 Å². The summed E-state index contributed by atoms with van der Waals surface area (Å²) in [6, 6.07) is 87.0. The Bertz CT molecular complexity index is 4220. The smallest absolute Gasteiger partial charge is 0.143 e. The lowest BCUT2D eigenvalue weighted by atomic mass is 9.97. The molecule has 0 amide bonds. The predicted octanol–water partition coefficient (Wildman–Crippen LogP) is 18.2. The molecule has 0 spiro atoms. The van der Waals surface area contributed by atoms with Crippen molar-refractivity contribution in [1.82, 2.24) is 4.57 Å². The molecule has 0 fully saturated rings. The van der Waals surface area contributed by atoms with Crippen molar-refractivity contribution in [3.63, 3.8) is 0 Å². The highest BCUT2D eigenvalue weighted by atomic mass is 16.3. The summed E-state index contributed by atoms with van der Waals surface area (Å²) >= 11 is 0. The standard InChI is InChI=1S/C64H40N2O2/c1-2-20-47-41(16-1)17-14-26-48(47)42-34-36-44(37-35-42)65(45-19-13-18-43(38-45)49-27-15-28-55-53-24-6-11-32-61(53)67-63(49)55)46-39-56(64-57(40-46)54-25-7-12-33-62(54)68-64)52-23-5-10-31-60(52)66-58-29-8-3-21-50(58)51-22-4-9-30-59(51)66/h1-40H. The van der Waals surface area contributed by atoms with Crippen molar-refractivity contribution in [2.45, 2.75) is 0 Å². The minimum absolute atomic E-state index is 0.847. The van der Waals surface area contributed by atoms with Crippen molar-refractivity contribution in [3.05, 3.63) is 243 Å². The monoisotopic (exact) mass is 868 g/mol. The van der Waals surface area contributed by atoms with Crippen LogP contribution in [-0.4, -0.2) is 4.57 Å². The van der Waals surface area contributed by atoms with E-state index in [0.29, 0.717) is 0 Å². The summed E-state index contributed by atoms with van der Waals surface area (Å²) < 4.78 is 16.0. The fourth-order valence-corrected chi connectivity index (χ4v) is 10.7. The number of furan rings is 2. The number of aromatic nitrogens is 1. The van der Waals surface area contributed by atoms with Gasteiger partial charge in [-0.1, -0.05) is 176 Å². The van der Waals surface area contributed by atoms with E-state index in [1.807, 2.05) is 12.1 Å². The lowest BCUT2D eigenvalue weighted by Gasteiger charge is -2.27. The van der Waals surface area contributed by atoms with E-state index >= 15 is 0 Å². The van der Waals surface area contributed by atoms with E-state index in [4.69, 9.17) is 8.83 Å². The lowest BCUT2D eigenvalue weighted by Crippen LogP contribution is -2.10. The van der Waals surface area contributed by atoms with Crippen molar-refractivity contribution in [2.75, 3.05) is 4.90 Å². The van der Waals surface area contributed by atoms with Gasteiger partial charge in [0.05, 0.1) is 16.7 Å². The first-order valence-electron chi connectivity index (χ1n) is 23.2. The molecule has 0 aliphatic rings. The van der Waals surface area contributed by atoms with E-state index in [-0.39, 0.29) is 0 Å². The Morgan fingerprint density at radius 3 is 1.60 bits per heavy atom. The van der Waals surface area contributed by atoms with Gasteiger partial charge in [0.15, 0.2) is 0 Å². The summed E-state index contributed by atoms with van der Waals surface area (Å²) in [5.41, 5.74) is 16.5. The molecule has 68 heavy (non-hydrogen) atoms. The molecule has 0 N–H and O–H groups in total. The SMILES string of the molecule is c1cc(-c2cccc3c2oc2ccccc23)cc(N(c2ccc(-c3cccc4ccccc34)cc2)c2cc(-c3ccccc3-n3c4ccccc4c4ccccc43)c3oc4ccccc4c3c2)c1. The van der Waals surface area contributed by atoms with Crippen LogP contribution in [0.3, 0.4) is 0 Å². The molecular formula is C64H40N2O2. The number of hydrogen-bond donors (Lipinski definition) is 0. The van der Waals surface area contributed by atoms with E-state index in [9.17, 15) is 0 Å². The predicted molar refractivity (Wildman–Crippen MR) is 284 cm³/mol. The number of hydrogen-bond acceptors (Lipinski definition) is 3. The van der Waals surface area contributed by atoms with E-state index in [2.05, 4.69) is 240 Å². The van der Waals surface area contributed by atoms with Gasteiger partial charge in [-0.2, -0.15) is 0 Å². The van der Waals surface area contributed by atoms with E-state index in [0.717, 1.165) is 105 Å². The summed E-state index contributed by atoms with van der Waals surface area (Å²) in [5.74, 6) is 0. The Labute approximate surface area is 391 Å². The molecule has 0 saturated heterocycles. The lowest BCUT2D eigenvalue weighted by molar-refractivity contribution is 0.669. The highest BCUT2D eigenvalue weighted by Crippen LogP contribution is 2.47. The zero-order valence-electron chi connectivity index (χ0n) is 36.8. The Morgan fingerprint density at radius 2 is 0.838 bits per heavy atom. The maximum Gasteiger partial charge on any atom is 0.143 e. The van der Waals surface area contributed by atoms with Crippen molar-refractivity contribution in [3.8, 4) is 39.1 Å². The maximum absolute atomic E-state index is 6.94. The molecule has 4 heteroatoms. The van der Waals surface area contributed by atoms with Crippen LogP contribution in [0.4, 0.5) is 17.1 Å². The van der Waals surface area contributed by atoms with Crippen molar-refractivity contribution in [2.24, 2.45) is 0 Å². The molecule has 0 radical (unpaired) electrons. The van der Waals surface area contributed by atoms with Crippen LogP contribution in [0.25, 0.3) is 116 Å². The molecule has 0 atom stereocenters. The largest absolute Gasteiger partial charge is 0.455 e. The normalized spacial score (nSPS) is 11.8. The molecule has 14 rings (SSSR count). The highest BCUT2D eigenvalue weighted by Gasteiger charge is 2.24. The van der Waals surface area contributed by atoms with Crippen molar-refractivity contribution >= 4 is 93.5 Å². The zero-order chi connectivity index (χ0) is 44.7. The Hall–Kier alpha value is -9.12. The molecular weight excluding hydrogens is 829 g/mol. The molecule has 3 heterocycles. The molecule has 3 aromatic heterocycles. The fraction of sp³-hybridized carbons (Fsp3) is 0. The van der Waals surface area contributed by atoms with Crippen molar-refractivity contribution in [1.29, 1.82) is 0 Å². The second-order valence-corrected chi connectivity index (χ2v) is 17.6. The highest BCUT2D eigenvalue weighted by molar-refractivity contribution is 6.14. The molecule has 0 bridgehead atoms. The zero-order valence-corrected chi connectivity index (χ0v) is 36.8. The second-order valence-electron chi connectivity index (χ2n) is 17.6. The topological polar surface area (TPSA) is 34.5 Å². The van der Waals surface area contributed by atoms with E-state index < -0.39 is 0 Å². The van der Waals surface area contributed by atoms with Gasteiger partial charge in [-0.25, -0.2) is 0 Å². The number of fused-ring (bicyclic) bond motifs is 10. The second kappa shape index (κ2) is 15.2. The number of para-hydroxylation sites is 6. The number of anilines is 3. The van der Waals surface area contributed by atoms with Gasteiger partial charge in [-0.15, -0.1) is 0 Å². The molecule has 0 aliphatic heterocycles. The van der Waals surface area contributed by atoms with Gasteiger partial charge in [-0.3, -0.25) is 0 Å². The van der Waals surface area contributed by atoms with Crippen LogP contribution in [-0.2, 0) is 0 Å². The van der Waals surface area contributed by atoms with Crippen molar-refractivity contribution < 1.29 is 8.83 Å². The molecule has 4 nitrogen and oxygen atoms in total. The number of rotatable bonds is 7. The molecule has 0 aliphatic carbocycles. The van der Waals surface area contributed by atoms with Gasteiger partial charge < -0.3 is 18.3 Å². The molecule has 0 saturated carbocycles. The van der Waals surface area contributed by atoms with E-state index in [1.165, 1.54) is 27.1 Å². The van der Waals surface area contributed by atoms with Crippen LogP contribution >= 0.6 is 0 Å². The molecule has 318 valence electrons. The summed E-state index contributed by atoms with van der Waals surface area (Å²) in [5, 5.41) is 9.23. The Morgan fingerprint density at radius 1 is 0.294 bits per heavy atom. The van der Waals surface area contributed by atoms with Gasteiger partial charge in [0.2, 0.25) is 0 Å². The Kier molecular flexibility index (Phi) is 8.55. The minimum atomic E-state index is 0.847. The fourth-order valence-electron chi connectivity index (χ4n) is 10.7. The third-order valence-corrected chi connectivity index (χ3v) is 13.8. The number of nitrogens with zero attached hydrogens (tertiary/aromatic N) is 2. The van der Waals surface area contributed by atoms with Gasteiger partial charge in [0, 0.05) is 66.1 Å². The van der Waals surface area contributed by atoms with Gasteiger partial charge >= 0.3 is 0 Å². The first-order valence-corrected chi connectivity index (χ1v) is 23.2. The summed E-state index contributed by atoms with van der Waals surface area (Å²) in [6.07, 6.45) is 0. The first-order chi connectivity index (χ1) is 33.7. The molecule has 14 aromatic rings. The average molecular weight is 869 g/mol. The summed E-state index contributed by atoms with van der Waals surface area (Å²) in [4.78, 5) is 2.39. The minimum Gasteiger partial charge on any atom is -0.455 e. The van der Waals surface area contributed by atoms with Crippen LogP contribution in [0.2, 0.25) is 0 Å². The number of benzene rings is 11. The quantitative estimate of drug-likeness (QED) is 0.160. The van der Waals surface area contributed by atoms with Gasteiger partial charge in [0.1, 0.15) is 22.3 Å². The van der Waals surface area contributed by atoms with Gasteiger partial charge in [0.25, 0.3) is 0 Å². The average Bonchev–Trinajstić information content (AvgIpc) is 4.09. The third-order valence-electron chi connectivity index (χ3n) is 13.8. The van der Waals surface area contributed by atoms with Crippen LogP contribution in [0.5, 0.6) is 0 Å². The van der Waals surface area contributed by atoms with Crippen LogP contribution in [0.1, 0.15) is 0 Å². The third kappa shape index (κ3) is 5.94. The summed E-state index contributed by atoms with van der Waals surface area (Å²) in [7, 11) is 0. The first kappa shape index (κ1) is 38.2. The maximum atomic E-state index is 6.94. The summed E-state index contributed by atoms with van der Waals surface area (Å²) in [6.45, 7) is 0. The Balaban J connectivity index is 1.02. The van der Waals surface area contributed by atoms with E-state index in [1.54, 1.807) is 0 Å².